The predicted octanol–water partition coefficient (Wildman–Crippen LogP) is 6.83. The number of aromatic amines is 2. The number of halogens is 2. The maximum Gasteiger partial charge on any atom is 0.222 e. The summed E-state index contributed by atoms with van der Waals surface area (Å²) in [6.07, 6.45) is 15.3. The first-order valence-corrected chi connectivity index (χ1v) is 19.7. The van der Waals surface area contributed by atoms with Gasteiger partial charge in [-0.1, -0.05) is 13.8 Å². The van der Waals surface area contributed by atoms with Crippen LogP contribution in [0.4, 0.5) is 20.4 Å². The highest BCUT2D eigenvalue weighted by molar-refractivity contribution is 5.92. The maximum absolute atomic E-state index is 14.3. The van der Waals surface area contributed by atoms with Gasteiger partial charge >= 0.3 is 0 Å². The van der Waals surface area contributed by atoms with Gasteiger partial charge in [0.2, 0.25) is 11.8 Å². The molecule has 2 atom stereocenters. The fraction of sp³-hybridized carbons (Fsp3) is 0.415. The van der Waals surface area contributed by atoms with E-state index < -0.39 is 11.6 Å². The van der Waals surface area contributed by atoms with Gasteiger partial charge in [0.25, 0.3) is 0 Å². The number of nitrogens with zero attached hydrogens (tertiary/aromatic N) is 8. The summed E-state index contributed by atoms with van der Waals surface area (Å²) in [7, 11) is 0. The Morgan fingerprint density at radius 3 is 1.70 bits per heavy atom. The van der Waals surface area contributed by atoms with E-state index in [9.17, 15) is 18.4 Å². The molecule has 0 radical (unpaired) electrons. The van der Waals surface area contributed by atoms with Crippen molar-refractivity contribution in [1.82, 2.24) is 49.7 Å². The molecule has 0 bridgehead atoms. The lowest BCUT2D eigenvalue weighted by Crippen LogP contribution is -2.41. The molecule has 2 fully saturated rings. The van der Waals surface area contributed by atoms with Crippen LogP contribution in [0.5, 0.6) is 0 Å². The molecule has 14 nitrogen and oxygen atoms in total. The number of carbonyl (C=O) groups excluding carboxylic acids is 2. The number of aromatic nitrogens is 8. The fourth-order valence-corrected chi connectivity index (χ4v) is 7.52. The van der Waals surface area contributed by atoms with Crippen LogP contribution in [0.3, 0.4) is 0 Å². The number of amides is 2. The number of fused-ring (bicyclic) bond motifs is 2. The molecule has 2 aliphatic rings. The monoisotopic (exact) mass is 778 g/mol. The van der Waals surface area contributed by atoms with Crippen LogP contribution in [0.15, 0.2) is 61.4 Å². The number of rotatable bonds is 11. The molecule has 0 saturated carbocycles. The second-order valence-corrected chi connectivity index (χ2v) is 14.5. The van der Waals surface area contributed by atoms with Crippen molar-refractivity contribution in [2.45, 2.75) is 58.8 Å². The minimum absolute atomic E-state index is 0.174. The molecule has 57 heavy (non-hydrogen) atoms. The lowest BCUT2D eigenvalue weighted by molar-refractivity contribution is -0.133. The van der Waals surface area contributed by atoms with Crippen molar-refractivity contribution in [2.24, 2.45) is 11.8 Å². The molecular formula is C41H48F2N12O2. The second-order valence-electron chi connectivity index (χ2n) is 14.5. The SMILES string of the molecule is CCC(=O)N1CCC[C@H](CNc2nc(-c3c[nH]c4ncccc34)ncc2F)C1.CCCC(=O)N1CCC[C@@H](CNc2nc(-c3c[nH]c4ncccc34)ncc2F)C1. The number of piperidine rings is 2. The van der Waals surface area contributed by atoms with Crippen molar-refractivity contribution < 1.29 is 18.4 Å². The summed E-state index contributed by atoms with van der Waals surface area (Å²) in [6, 6.07) is 7.54. The van der Waals surface area contributed by atoms with Gasteiger partial charge in [0.15, 0.2) is 34.9 Å². The van der Waals surface area contributed by atoms with Crippen LogP contribution in [-0.2, 0) is 9.59 Å². The standard InChI is InChI=1S/C21H25FN6O.C20H23FN6O/c1-2-5-18(29)28-9-4-6-14(13-28)10-24-21-17(22)12-26-20(27-21)16-11-25-19-15(16)7-3-8-23-19;1-2-17(28)27-8-4-5-13(12-27)9-23-20-16(21)11-25-19(26-20)15-10-24-18-14(15)6-3-7-22-18/h3,7-8,11-12,14H,2,4-6,9-10,13H2,1H3,(H,23,25)(H,24,26,27);3,6-7,10-11,13H,2,4-5,8-9,12H2,1H3,(H,22,24)(H,23,25,26)/t14-;13-/m01/s1. The fourth-order valence-electron chi connectivity index (χ4n) is 7.52. The molecule has 0 aliphatic carbocycles. The Hall–Kier alpha value is -6.06. The van der Waals surface area contributed by atoms with Crippen LogP contribution in [0, 0.1) is 23.5 Å². The Morgan fingerprint density at radius 1 is 0.737 bits per heavy atom. The number of anilines is 2. The highest BCUT2D eigenvalue weighted by Crippen LogP contribution is 2.28. The lowest BCUT2D eigenvalue weighted by Gasteiger charge is -2.33. The second kappa shape index (κ2) is 18.3. The minimum atomic E-state index is -0.487. The van der Waals surface area contributed by atoms with Crippen LogP contribution < -0.4 is 10.6 Å². The third-order valence-electron chi connectivity index (χ3n) is 10.5. The predicted molar refractivity (Wildman–Crippen MR) is 215 cm³/mol. The summed E-state index contributed by atoms with van der Waals surface area (Å²) in [5.41, 5.74) is 3.04. The molecule has 2 saturated heterocycles. The van der Waals surface area contributed by atoms with Gasteiger partial charge in [-0.3, -0.25) is 9.59 Å². The molecule has 0 unspecified atom stereocenters. The summed E-state index contributed by atoms with van der Waals surface area (Å²) >= 11 is 0. The molecule has 4 N–H and O–H groups in total. The van der Waals surface area contributed by atoms with E-state index >= 15 is 0 Å². The number of hydrogen-bond donors (Lipinski definition) is 4. The van der Waals surface area contributed by atoms with Gasteiger partial charge in [-0.05, 0) is 68.2 Å². The van der Waals surface area contributed by atoms with Crippen LogP contribution in [0.1, 0.15) is 58.8 Å². The third-order valence-corrected chi connectivity index (χ3v) is 10.5. The van der Waals surface area contributed by atoms with Gasteiger partial charge in [-0.25, -0.2) is 38.7 Å². The third kappa shape index (κ3) is 9.33. The maximum atomic E-state index is 14.3. The first-order valence-electron chi connectivity index (χ1n) is 19.7. The van der Waals surface area contributed by atoms with Crippen molar-refractivity contribution in [3.05, 3.63) is 73.1 Å². The highest BCUT2D eigenvalue weighted by Gasteiger charge is 2.25. The van der Waals surface area contributed by atoms with Crippen LogP contribution >= 0.6 is 0 Å². The van der Waals surface area contributed by atoms with Gasteiger partial charge in [0, 0.05) is 98.8 Å². The van der Waals surface area contributed by atoms with Gasteiger partial charge in [0.1, 0.15) is 11.3 Å². The lowest BCUT2D eigenvalue weighted by atomic mass is 9.97. The van der Waals surface area contributed by atoms with Gasteiger partial charge < -0.3 is 30.4 Å². The quantitative estimate of drug-likeness (QED) is 0.109. The summed E-state index contributed by atoms with van der Waals surface area (Å²) in [5.74, 6) is 1.21. The van der Waals surface area contributed by atoms with Crippen molar-refractivity contribution in [1.29, 1.82) is 0 Å². The minimum Gasteiger partial charge on any atom is -0.367 e. The zero-order valence-electron chi connectivity index (χ0n) is 32.3. The highest BCUT2D eigenvalue weighted by atomic mass is 19.1. The van der Waals surface area contributed by atoms with E-state index in [1.807, 2.05) is 47.9 Å². The van der Waals surface area contributed by atoms with Gasteiger partial charge in [-0.2, -0.15) is 0 Å². The van der Waals surface area contributed by atoms with E-state index in [2.05, 4.69) is 50.5 Å². The Kier molecular flexibility index (Phi) is 12.6. The number of hydrogen-bond acceptors (Lipinski definition) is 10. The first kappa shape index (κ1) is 39.2. The Labute approximate surface area is 329 Å². The normalized spacial score (nSPS) is 17.0. The summed E-state index contributed by atoms with van der Waals surface area (Å²) in [4.78, 5) is 59.7. The first-order chi connectivity index (χ1) is 27.8. The molecule has 2 aliphatic heterocycles. The number of carbonyl (C=O) groups is 2. The molecule has 0 aromatic carbocycles. The molecule has 2 amide bonds. The molecule has 8 rings (SSSR count). The van der Waals surface area contributed by atoms with E-state index in [1.54, 1.807) is 24.8 Å². The molecule has 0 spiro atoms. The van der Waals surface area contributed by atoms with Crippen molar-refractivity contribution in [2.75, 3.05) is 49.9 Å². The summed E-state index contributed by atoms with van der Waals surface area (Å²) < 4.78 is 28.6. The Bertz CT molecular complexity index is 2310. The summed E-state index contributed by atoms with van der Waals surface area (Å²) in [5, 5.41) is 8.04. The van der Waals surface area contributed by atoms with Crippen molar-refractivity contribution >= 4 is 45.5 Å². The molecule has 16 heteroatoms. The van der Waals surface area contributed by atoms with Crippen molar-refractivity contribution in [3.8, 4) is 22.8 Å². The number of nitrogens with one attached hydrogen (secondary N) is 4. The Balaban J connectivity index is 0.000000174. The number of pyridine rings is 2. The van der Waals surface area contributed by atoms with E-state index in [-0.39, 0.29) is 35.3 Å². The molecule has 6 aromatic rings. The summed E-state index contributed by atoms with van der Waals surface area (Å²) in [6.45, 7) is 8.06. The van der Waals surface area contributed by atoms with E-state index in [0.29, 0.717) is 50.7 Å². The topological polar surface area (TPSA) is 174 Å². The van der Waals surface area contributed by atoms with E-state index in [1.165, 1.54) is 12.4 Å². The van der Waals surface area contributed by atoms with Gasteiger partial charge in [-0.15, -0.1) is 0 Å². The molecular weight excluding hydrogens is 731 g/mol. The molecule has 298 valence electrons. The van der Waals surface area contributed by atoms with Crippen LogP contribution in [0.2, 0.25) is 0 Å². The number of likely N-dealkylation sites (tertiary alicyclic amines) is 2. The van der Waals surface area contributed by atoms with E-state index in [0.717, 1.165) is 78.4 Å². The zero-order chi connectivity index (χ0) is 39.7. The molecule has 8 heterocycles. The zero-order valence-corrected chi connectivity index (χ0v) is 32.3. The van der Waals surface area contributed by atoms with Crippen LogP contribution in [0.25, 0.3) is 44.8 Å². The van der Waals surface area contributed by atoms with Gasteiger partial charge in [0.05, 0.1) is 12.4 Å². The largest absolute Gasteiger partial charge is 0.367 e. The smallest absolute Gasteiger partial charge is 0.222 e. The Morgan fingerprint density at radius 2 is 1.23 bits per heavy atom. The number of H-pyrrole nitrogens is 2. The average molecular weight is 779 g/mol. The van der Waals surface area contributed by atoms with Crippen molar-refractivity contribution in [3.63, 3.8) is 0 Å². The average Bonchev–Trinajstić information content (AvgIpc) is 3.89. The van der Waals surface area contributed by atoms with E-state index in [4.69, 9.17) is 0 Å². The van der Waals surface area contributed by atoms with Crippen LogP contribution in [-0.4, -0.2) is 101 Å². The molecule has 6 aromatic heterocycles.